The number of non-ortho nitro benzene ring substituents is 1. The minimum Gasteiger partial charge on any atom is -0.415 e. The maximum Gasteiger partial charge on any atom is 0.345 e. The standard InChI is InChI=1S/C13H6Cl2N2O6/c14-7-1-3-9(10(15)5-7)13(18)23-12-4-2-8(16(19)20)6-11(12)17(21)22/h1-6H. The van der Waals surface area contributed by atoms with Gasteiger partial charge in [0.1, 0.15) is 0 Å². The van der Waals surface area contributed by atoms with Gasteiger partial charge in [-0.25, -0.2) is 4.79 Å². The Hall–Kier alpha value is -2.71. The van der Waals surface area contributed by atoms with E-state index < -0.39 is 32.9 Å². The first-order chi connectivity index (χ1) is 10.8. The largest absolute Gasteiger partial charge is 0.415 e. The van der Waals surface area contributed by atoms with Crippen LogP contribution in [0.3, 0.4) is 0 Å². The SMILES string of the molecule is O=C(Oc1ccc([N+](=O)[O-])cc1[N+](=O)[O-])c1ccc(Cl)cc1Cl. The molecular formula is C13H6Cl2N2O6. The summed E-state index contributed by atoms with van der Waals surface area (Å²) in [7, 11) is 0. The number of rotatable bonds is 4. The lowest BCUT2D eigenvalue weighted by molar-refractivity contribution is -0.394. The van der Waals surface area contributed by atoms with Crippen molar-refractivity contribution in [3.05, 3.63) is 72.2 Å². The highest BCUT2D eigenvalue weighted by atomic mass is 35.5. The first-order valence-corrected chi connectivity index (χ1v) is 6.65. The third kappa shape index (κ3) is 3.74. The molecule has 0 saturated heterocycles. The zero-order valence-corrected chi connectivity index (χ0v) is 12.6. The normalized spacial score (nSPS) is 10.2. The maximum absolute atomic E-state index is 12.0. The Kier molecular flexibility index (Phi) is 4.77. The first kappa shape index (κ1) is 16.7. The van der Waals surface area contributed by atoms with Crippen molar-refractivity contribution in [3.8, 4) is 5.75 Å². The van der Waals surface area contributed by atoms with E-state index in [9.17, 15) is 25.0 Å². The quantitative estimate of drug-likeness (QED) is 0.353. The second-order valence-corrected chi connectivity index (χ2v) is 5.02. The van der Waals surface area contributed by atoms with E-state index in [0.717, 1.165) is 12.1 Å². The lowest BCUT2D eigenvalue weighted by Crippen LogP contribution is -2.10. The monoisotopic (exact) mass is 356 g/mol. The molecule has 0 saturated carbocycles. The molecule has 2 rings (SSSR count). The summed E-state index contributed by atoms with van der Waals surface area (Å²) in [5, 5.41) is 21.9. The summed E-state index contributed by atoms with van der Waals surface area (Å²) >= 11 is 11.6. The van der Waals surface area contributed by atoms with Crippen molar-refractivity contribution in [1.29, 1.82) is 0 Å². The minimum atomic E-state index is -0.955. The summed E-state index contributed by atoms with van der Waals surface area (Å²) in [5.74, 6) is -1.39. The van der Waals surface area contributed by atoms with E-state index in [-0.39, 0.29) is 10.6 Å². The number of hydrogen-bond donors (Lipinski definition) is 0. The molecular weight excluding hydrogens is 351 g/mol. The molecule has 0 heterocycles. The number of ether oxygens (including phenoxy) is 1. The fourth-order valence-electron chi connectivity index (χ4n) is 1.66. The second kappa shape index (κ2) is 6.59. The van der Waals surface area contributed by atoms with E-state index in [0.29, 0.717) is 11.1 Å². The Bertz CT molecular complexity index is 824. The van der Waals surface area contributed by atoms with Gasteiger partial charge in [0.15, 0.2) is 0 Å². The van der Waals surface area contributed by atoms with E-state index in [1.807, 2.05) is 0 Å². The van der Waals surface area contributed by atoms with Crippen LogP contribution in [0.15, 0.2) is 36.4 Å². The molecule has 0 N–H and O–H groups in total. The molecule has 0 radical (unpaired) electrons. The highest BCUT2D eigenvalue weighted by molar-refractivity contribution is 6.36. The third-order valence-corrected chi connectivity index (χ3v) is 3.25. The molecule has 0 aromatic heterocycles. The van der Waals surface area contributed by atoms with Crippen molar-refractivity contribution >= 4 is 40.5 Å². The van der Waals surface area contributed by atoms with Gasteiger partial charge >= 0.3 is 11.7 Å². The maximum atomic E-state index is 12.0. The van der Waals surface area contributed by atoms with Crippen LogP contribution in [0.2, 0.25) is 10.0 Å². The number of hydrogen-bond acceptors (Lipinski definition) is 6. The summed E-state index contributed by atoms with van der Waals surface area (Å²) in [5.41, 5.74) is -1.26. The Morgan fingerprint density at radius 3 is 2.26 bits per heavy atom. The van der Waals surface area contributed by atoms with Gasteiger partial charge < -0.3 is 4.74 Å². The minimum absolute atomic E-state index is 0.00654. The van der Waals surface area contributed by atoms with Gasteiger partial charge in [-0.2, -0.15) is 0 Å². The number of nitrogens with zero attached hydrogens (tertiary/aromatic N) is 2. The molecule has 2 aromatic rings. The lowest BCUT2D eigenvalue weighted by atomic mass is 10.2. The van der Waals surface area contributed by atoms with Gasteiger partial charge in [0.25, 0.3) is 5.69 Å². The molecule has 0 aliphatic heterocycles. The first-order valence-electron chi connectivity index (χ1n) is 5.89. The number of benzene rings is 2. The van der Waals surface area contributed by atoms with Crippen LogP contribution in [0.5, 0.6) is 5.75 Å². The lowest BCUT2D eigenvalue weighted by Gasteiger charge is -2.06. The number of nitro benzene ring substituents is 2. The molecule has 0 atom stereocenters. The zero-order valence-electron chi connectivity index (χ0n) is 11.1. The van der Waals surface area contributed by atoms with Crippen molar-refractivity contribution in [2.75, 3.05) is 0 Å². The Morgan fingerprint density at radius 2 is 1.70 bits per heavy atom. The van der Waals surface area contributed by atoms with Crippen LogP contribution in [0.1, 0.15) is 10.4 Å². The van der Waals surface area contributed by atoms with E-state index >= 15 is 0 Å². The van der Waals surface area contributed by atoms with Crippen LogP contribution in [-0.2, 0) is 0 Å². The summed E-state index contributed by atoms with van der Waals surface area (Å²) < 4.78 is 4.92. The van der Waals surface area contributed by atoms with Gasteiger partial charge in [-0.05, 0) is 24.3 Å². The van der Waals surface area contributed by atoms with Crippen molar-refractivity contribution in [1.82, 2.24) is 0 Å². The molecule has 0 fully saturated rings. The van der Waals surface area contributed by atoms with Gasteiger partial charge in [0.2, 0.25) is 5.75 Å². The van der Waals surface area contributed by atoms with Gasteiger partial charge in [-0.1, -0.05) is 23.2 Å². The molecule has 0 aliphatic rings. The van der Waals surface area contributed by atoms with Crippen molar-refractivity contribution < 1.29 is 19.4 Å². The predicted octanol–water partition coefficient (Wildman–Crippen LogP) is 4.03. The summed E-state index contributed by atoms with van der Waals surface area (Å²) in [4.78, 5) is 32.0. The molecule has 0 spiro atoms. The predicted molar refractivity (Wildman–Crippen MR) is 81.2 cm³/mol. The summed E-state index contributed by atoms with van der Waals surface area (Å²) in [6.45, 7) is 0. The summed E-state index contributed by atoms with van der Waals surface area (Å²) in [6, 6.07) is 6.66. The Labute approximate surface area is 138 Å². The fourth-order valence-corrected chi connectivity index (χ4v) is 2.14. The topological polar surface area (TPSA) is 113 Å². The molecule has 118 valence electrons. The van der Waals surface area contributed by atoms with E-state index in [1.54, 1.807) is 0 Å². The zero-order chi connectivity index (χ0) is 17.1. The molecule has 0 unspecified atom stereocenters. The average molecular weight is 357 g/mol. The number of esters is 1. The molecule has 0 bridgehead atoms. The molecule has 0 aliphatic carbocycles. The Morgan fingerprint density at radius 1 is 1.00 bits per heavy atom. The second-order valence-electron chi connectivity index (χ2n) is 4.18. The van der Waals surface area contributed by atoms with Crippen LogP contribution >= 0.6 is 23.2 Å². The van der Waals surface area contributed by atoms with Gasteiger partial charge in [0.05, 0.1) is 26.5 Å². The molecule has 10 heteroatoms. The van der Waals surface area contributed by atoms with Crippen LogP contribution in [0.25, 0.3) is 0 Å². The van der Waals surface area contributed by atoms with Gasteiger partial charge in [-0.3, -0.25) is 20.2 Å². The fraction of sp³-hybridized carbons (Fsp3) is 0. The van der Waals surface area contributed by atoms with Gasteiger partial charge in [-0.15, -0.1) is 0 Å². The molecule has 8 nitrogen and oxygen atoms in total. The average Bonchev–Trinajstić information content (AvgIpc) is 2.46. The highest BCUT2D eigenvalue weighted by Gasteiger charge is 2.24. The van der Waals surface area contributed by atoms with Crippen molar-refractivity contribution in [3.63, 3.8) is 0 Å². The van der Waals surface area contributed by atoms with Crippen LogP contribution in [0, 0.1) is 20.2 Å². The molecule has 2 aromatic carbocycles. The van der Waals surface area contributed by atoms with E-state index in [1.165, 1.54) is 18.2 Å². The molecule has 23 heavy (non-hydrogen) atoms. The number of nitro groups is 2. The van der Waals surface area contributed by atoms with Gasteiger partial charge in [0, 0.05) is 11.1 Å². The Balaban J connectivity index is 2.37. The third-order valence-electron chi connectivity index (χ3n) is 2.70. The number of carbonyl (C=O) groups is 1. The van der Waals surface area contributed by atoms with Crippen LogP contribution in [-0.4, -0.2) is 15.8 Å². The van der Waals surface area contributed by atoms with E-state index in [4.69, 9.17) is 27.9 Å². The van der Waals surface area contributed by atoms with E-state index in [2.05, 4.69) is 0 Å². The smallest absolute Gasteiger partial charge is 0.345 e. The van der Waals surface area contributed by atoms with Crippen molar-refractivity contribution in [2.24, 2.45) is 0 Å². The highest BCUT2D eigenvalue weighted by Crippen LogP contribution is 2.32. The summed E-state index contributed by atoms with van der Waals surface area (Å²) in [6.07, 6.45) is 0. The number of carbonyl (C=O) groups excluding carboxylic acids is 1. The number of halogens is 2. The van der Waals surface area contributed by atoms with Crippen LogP contribution in [0.4, 0.5) is 11.4 Å². The van der Waals surface area contributed by atoms with Crippen LogP contribution < -0.4 is 4.74 Å². The molecule has 0 amide bonds. The van der Waals surface area contributed by atoms with Crippen molar-refractivity contribution in [2.45, 2.75) is 0 Å².